The van der Waals surface area contributed by atoms with Gasteiger partial charge in [0.2, 0.25) is 0 Å². The molecule has 1 saturated heterocycles. The van der Waals surface area contributed by atoms with Crippen LogP contribution in [-0.2, 0) is 0 Å². The average molecular weight is 344 g/mol. The monoisotopic (exact) mass is 343 g/mol. The first-order valence-corrected chi connectivity index (χ1v) is 9.15. The highest BCUT2D eigenvalue weighted by Gasteiger charge is 2.24. The highest BCUT2D eigenvalue weighted by Crippen LogP contribution is 2.27. The molecule has 1 aromatic heterocycles. The number of guanidine groups is 1. The summed E-state index contributed by atoms with van der Waals surface area (Å²) in [4.78, 5) is 7.82. The first-order chi connectivity index (χ1) is 10.5. The lowest BCUT2D eigenvalue weighted by atomic mass is 9.92. The Morgan fingerprint density at radius 1 is 1.45 bits per heavy atom. The molecule has 22 heavy (non-hydrogen) atoms. The van der Waals surface area contributed by atoms with Crippen molar-refractivity contribution in [2.24, 2.45) is 16.8 Å². The summed E-state index contributed by atoms with van der Waals surface area (Å²) in [5, 5.41) is 13.6. The Morgan fingerprint density at radius 2 is 2.14 bits per heavy atom. The number of aliphatic imine (C=N–C) groups is 1. The number of rotatable bonds is 4. The molecule has 0 spiro atoms. The van der Waals surface area contributed by atoms with Gasteiger partial charge in [0.25, 0.3) is 0 Å². The summed E-state index contributed by atoms with van der Waals surface area (Å²) < 4.78 is 0.698. The van der Waals surface area contributed by atoms with Crippen molar-refractivity contribution in [2.75, 3.05) is 26.2 Å². The van der Waals surface area contributed by atoms with E-state index < -0.39 is 6.10 Å². The Labute approximate surface area is 142 Å². The number of nitrogens with zero attached hydrogens (tertiary/aromatic N) is 2. The molecule has 3 unspecified atom stereocenters. The summed E-state index contributed by atoms with van der Waals surface area (Å²) in [5.41, 5.74) is 0. The van der Waals surface area contributed by atoms with Crippen molar-refractivity contribution >= 4 is 28.9 Å². The zero-order valence-electron chi connectivity index (χ0n) is 13.6. The van der Waals surface area contributed by atoms with Gasteiger partial charge in [0.05, 0.1) is 10.9 Å². The maximum absolute atomic E-state index is 10.3. The number of aliphatic hydroxyl groups is 1. The van der Waals surface area contributed by atoms with Gasteiger partial charge >= 0.3 is 0 Å². The van der Waals surface area contributed by atoms with Crippen molar-refractivity contribution in [3.8, 4) is 0 Å². The highest BCUT2D eigenvalue weighted by molar-refractivity contribution is 7.16. The normalized spacial score (nSPS) is 24.4. The smallest absolute Gasteiger partial charge is 0.194 e. The van der Waals surface area contributed by atoms with Crippen LogP contribution in [0.2, 0.25) is 4.34 Å². The second-order valence-electron chi connectivity index (χ2n) is 6.20. The van der Waals surface area contributed by atoms with Crippen molar-refractivity contribution in [2.45, 2.75) is 33.3 Å². The van der Waals surface area contributed by atoms with Gasteiger partial charge in [0, 0.05) is 24.5 Å². The molecule has 0 bridgehead atoms. The minimum Gasteiger partial charge on any atom is -0.386 e. The van der Waals surface area contributed by atoms with E-state index >= 15 is 0 Å². The summed E-state index contributed by atoms with van der Waals surface area (Å²) in [7, 11) is 0. The van der Waals surface area contributed by atoms with Crippen molar-refractivity contribution in [1.82, 2.24) is 10.2 Å². The van der Waals surface area contributed by atoms with Gasteiger partial charge in [-0.05, 0) is 37.3 Å². The fourth-order valence-electron chi connectivity index (χ4n) is 3.03. The molecule has 1 aliphatic heterocycles. The maximum Gasteiger partial charge on any atom is 0.194 e. The first kappa shape index (κ1) is 17.6. The molecule has 0 radical (unpaired) electrons. The molecule has 1 aromatic rings. The lowest BCUT2D eigenvalue weighted by Gasteiger charge is -2.37. The molecule has 3 atom stereocenters. The van der Waals surface area contributed by atoms with E-state index in [0.717, 1.165) is 30.5 Å². The van der Waals surface area contributed by atoms with Crippen LogP contribution in [0.4, 0.5) is 0 Å². The van der Waals surface area contributed by atoms with Crippen LogP contribution < -0.4 is 5.32 Å². The lowest BCUT2D eigenvalue weighted by molar-refractivity contribution is 0.186. The molecular formula is C16H26ClN3OS. The molecule has 124 valence electrons. The van der Waals surface area contributed by atoms with Crippen LogP contribution in [0.3, 0.4) is 0 Å². The number of piperidine rings is 1. The summed E-state index contributed by atoms with van der Waals surface area (Å²) >= 11 is 7.33. The molecule has 0 aliphatic carbocycles. The van der Waals surface area contributed by atoms with Gasteiger partial charge in [0.15, 0.2) is 5.96 Å². The van der Waals surface area contributed by atoms with Gasteiger partial charge in [-0.2, -0.15) is 0 Å². The van der Waals surface area contributed by atoms with Crippen LogP contribution in [0, 0.1) is 11.8 Å². The Balaban J connectivity index is 2.03. The molecule has 0 aromatic carbocycles. The zero-order valence-corrected chi connectivity index (χ0v) is 15.1. The molecule has 2 N–H and O–H groups in total. The molecule has 4 nitrogen and oxygen atoms in total. The second kappa shape index (κ2) is 8.18. The van der Waals surface area contributed by atoms with Crippen LogP contribution in [0.5, 0.6) is 0 Å². The largest absolute Gasteiger partial charge is 0.386 e. The van der Waals surface area contributed by atoms with E-state index in [-0.39, 0.29) is 0 Å². The van der Waals surface area contributed by atoms with E-state index in [1.807, 2.05) is 12.1 Å². The fraction of sp³-hybridized carbons (Fsp3) is 0.688. The number of likely N-dealkylation sites (tertiary alicyclic amines) is 1. The molecule has 1 fully saturated rings. The van der Waals surface area contributed by atoms with Crippen LogP contribution in [0.15, 0.2) is 17.1 Å². The van der Waals surface area contributed by atoms with E-state index in [0.29, 0.717) is 22.7 Å². The molecule has 2 heterocycles. The number of halogens is 1. The third kappa shape index (κ3) is 4.86. The van der Waals surface area contributed by atoms with Crippen LogP contribution in [0.25, 0.3) is 0 Å². The number of aliphatic hydroxyl groups excluding tert-OH is 1. The van der Waals surface area contributed by atoms with Gasteiger partial charge < -0.3 is 15.3 Å². The second-order valence-corrected chi connectivity index (χ2v) is 7.95. The number of hydrogen-bond acceptors (Lipinski definition) is 3. The van der Waals surface area contributed by atoms with Gasteiger partial charge in [-0.25, -0.2) is 0 Å². The quantitative estimate of drug-likeness (QED) is 0.651. The Kier molecular flexibility index (Phi) is 6.53. The third-order valence-corrected chi connectivity index (χ3v) is 5.17. The zero-order chi connectivity index (χ0) is 16.1. The SMILES string of the molecule is CCNC(=NCC(O)c1ccc(Cl)s1)N1CC(C)CC(C)C1. The number of thiophene rings is 1. The molecule has 2 rings (SSSR count). The van der Waals surface area contributed by atoms with Gasteiger partial charge in [0.1, 0.15) is 6.10 Å². The van der Waals surface area contributed by atoms with Crippen LogP contribution >= 0.6 is 22.9 Å². The van der Waals surface area contributed by atoms with E-state index in [9.17, 15) is 5.11 Å². The van der Waals surface area contributed by atoms with Crippen LogP contribution in [0.1, 0.15) is 38.2 Å². The molecule has 0 saturated carbocycles. The van der Waals surface area contributed by atoms with Crippen molar-refractivity contribution in [1.29, 1.82) is 0 Å². The predicted molar refractivity (Wildman–Crippen MR) is 94.8 cm³/mol. The summed E-state index contributed by atoms with van der Waals surface area (Å²) in [6.45, 7) is 9.89. The molecule has 0 amide bonds. The first-order valence-electron chi connectivity index (χ1n) is 7.96. The standard InChI is InChI=1S/C16H26ClN3OS/c1-4-18-16(20-9-11(2)7-12(3)10-20)19-8-13(21)14-5-6-15(17)22-14/h5-6,11-13,21H,4,7-10H2,1-3H3,(H,18,19). The van der Waals surface area contributed by atoms with Gasteiger partial charge in [-0.15, -0.1) is 11.3 Å². The van der Waals surface area contributed by atoms with Crippen LogP contribution in [-0.4, -0.2) is 42.1 Å². The molecule has 1 aliphatic rings. The van der Waals surface area contributed by atoms with Gasteiger partial charge in [-0.3, -0.25) is 4.99 Å². The summed E-state index contributed by atoms with van der Waals surface area (Å²) in [6.07, 6.45) is 0.678. The Hall–Kier alpha value is -0.780. The van der Waals surface area contributed by atoms with E-state index in [1.165, 1.54) is 17.8 Å². The molecular weight excluding hydrogens is 318 g/mol. The Bertz CT molecular complexity index is 495. The van der Waals surface area contributed by atoms with Crippen molar-refractivity contribution in [3.63, 3.8) is 0 Å². The topological polar surface area (TPSA) is 47.9 Å². The lowest BCUT2D eigenvalue weighted by Crippen LogP contribution is -2.48. The predicted octanol–water partition coefficient (Wildman–Crippen LogP) is 3.38. The van der Waals surface area contributed by atoms with E-state index in [1.54, 1.807) is 0 Å². The molecule has 6 heteroatoms. The average Bonchev–Trinajstić information content (AvgIpc) is 2.88. The minimum atomic E-state index is -0.592. The van der Waals surface area contributed by atoms with Crippen molar-refractivity contribution in [3.05, 3.63) is 21.3 Å². The fourth-order valence-corrected chi connectivity index (χ4v) is 4.07. The summed E-state index contributed by atoms with van der Waals surface area (Å²) in [6, 6.07) is 3.68. The Morgan fingerprint density at radius 3 is 2.68 bits per heavy atom. The maximum atomic E-state index is 10.3. The summed E-state index contributed by atoms with van der Waals surface area (Å²) in [5.74, 6) is 2.25. The minimum absolute atomic E-state index is 0.360. The third-order valence-electron chi connectivity index (χ3n) is 3.84. The number of nitrogens with one attached hydrogen (secondary N) is 1. The van der Waals surface area contributed by atoms with Gasteiger partial charge in [-0.1, -0.05) is 25.4 Å². The van der Waals surface area contributed by atoms with E-state index in [4.69, 9.17) is 11.6 Å². The van der Waals surface area contributed by atoms with E-state index in [2.05, 4.69) is 36.0 Å². The number of hydrogen-bond donors (Lipinski definition) is 2. The van der Waals surface area contributed by atoms with Crippen molar-refractivity contribution < 1.29 is 5.11 Å². The highest BCUT2D eigenvalue weighted by atomic mass is 35.5.